The maximum absolute atomic E-state index is 12.8. The molecule has 7 heteroatoms. The van der Waals surface area contributed by atoms with E-state index in [4.69, 9.17) is 32.7 Å². The Hall–Kier alpha value is -3.28. The third kappa shape index (κ3) is 5.75. The highest BCUT2D eigenvalue weighted by Crippen LogP contribution is 2.32. The number of Topliss-reactive ketones (excluding diaryl/α,β-unsaturated/α-hetero) is 1. The summed E-state index contributed by atoms with van der Waals surface area (Å²) in [5.41, 5.74) is 4.01. The van der Waals surface area contributed by atoms with Crippen LogP contribution in [0.4, 0.5) is 0 Å². The molecule has 0 amide bonds. The van der Waals surface area contributed by atoms with Gasteiger partial charge in [-0.3, -0.25) is 4.79 Å². The van der Waals surface area contributed by atoms with Crippen LogP contribution in [0.15, 0.2) is 66.2 Å². The molecule has 0 saturated carbocycles. The number of esters is 1. The number of ketones is 1. The molecular formula is C26H20Cl2O5. The molecule has 0 radical (unpaired) electrons. The summed E-state index contributed by atoms with van der Waals surface area (Å²) >= 11 is 12.1. The lowest BCUT2D eigenvalue weighted by Gasteiger charge is -2.09. The first-order chi connectivity index (χ1) is 15.9. The lowest BCUT2D eigenvalue weighted by Crippen LogP contribution is -2.12. The van der Waals surface area contributed by atoms with Gasteiger partial charge in [0, 0.05) is 27.6 Å². The van der Waals surface area contributed by atoms with E-state index in [-0.39, 0.29) is 12.4 Å². The summed E-state index contributed by atoms with van der Waals surface area (Å²) < 4.78 is 15.8. The fourth-order valence-electron chi connectivity index (χ4n) is 3.51. The molecule has 3 aromatic carbocycles. The van der Waals surface area contributed by atoms with Gasteiger partial charge in [-0.05, 0) is 71.3 Å². The minimum atomic E-state index is -0.438. The molecule has 4 rings (SSSR count). The van der Waals surface area contributed by atoms with Gasteiger partial charge >= 0.3 is 5.97 Å². The van der Waals surface area contributed by atoms with Crippen LogP contribution in [0.2, 0.25) is 10.0 Å². The Balaban J connectivity index is 1.40. The number of ether oxygens (including phenoxy) is 3. The van der Waals surface area contributed by atoms with Crippen molar-refractivity contribution < 1.29 is 23.8 Å². The van der Waals surface area contributed by atoms with E-state index in [1.807, 2.05) is 24.3 Å². The lowest BCUT2D eigenvalue weighted by atomic mass is 10.1. The highest BCUT2D eigenvalue weighted by Gasteiger charge is 2.25. The fourth-order valence-corrected chi connectivity index (χ4v) is 4.06. The van der Waals surface area contributed by atoms with Gasteiger partial charge in [-0.1, -0.05) is 35.3 Å². The first-order valence-corrected chi connectivity index (χ1v) is 10.9. The van der Waals surface area contributed by atoms with Crippen molar-refractivity contribution in [3.8, 4) is 11.5 Å². The standard InChI is InChI=1S/C26H20Cl2O5/c1-31-25(29)15-33-22-4-2-16(3-5-22)14-32-23-6-7-24-18(12-23)11-19(26(24)30)8-17-9-20(27)13-21(28)10-17/h2-10,12-13H,11,14-15H2,1H3/b19-8+. The van der Waals surface area contributed by atoms with E-state index < -0.39 is 5.97 Å². The monoisotopic (exact) mass is 482 g/mol. The van der Waals surface area contributed by atoms with Crippen molar-refractivity contribution in [3.63, 3.8) is 0 Å². The molecular weight excluding hydrogens is 463 g/mol. The van der Waals surface area contributed by atoms with Gasteiger partial charge in [-0.2, -0.15) is 0 Å². The van der Waals surface area contributed by atoms with Crippen LogP contribution in [0.1, 0.15) is 27.0 Å². The predicted molar refractivity (Wildman–Crippen MR) is 127 cm³/mol. The predicted octanol–water partition coefficient (Wildman–Crippen LogP) is 5.95. The van der Waals surface area contributed by atoms with Gasteiger partial charge in [0.25, 0.3) is 0 Å². The average molecular weight is 483 g/mol. The molecule has 0 aromatic heterocycles. The Morgan fingerprint density at radius 2 is 1.64 bits per heavy atom. The second-order valence-electron chi connectivity index (χ2n) is 7.49. The zero-order valence-electron chi connectivity index (χ0n) is 17.8. The molecule has 0 unspecified atom stereocenters. The van der Waals surface area contributed by atoms with E-state index in [1.54, 1.807) is 42.5 Å². The van der Waals surface area contributed by atoms with Gasteiger partial charge in [-0.15, -0.1) is 0 Å². The smallest absolute Gasteiger partial charge is 0.343 e. The van der Waals surface area contributed by atoms with Crippen molar-refractivity contribution in [1.82, 2.24) is 0 Å². The number of fused-ring (bicyclic) bond motifs is 1. The summed E-state index contributed by atoms with van der Waals surface area (Å²) in [5.74, 6) is 0.808. The number of hydrogen-bond donors (Lipinski definition) is 0. The number of hydrogen-bond acceptors (Lipinski definition) is 5. The Kier molecular flexibility index (Phi) is 7.02. The maximum atomic E-state index is 12.8. The van der Waals surface area contributed by atoms with Gasteiger partial charge in [0.05, 0.1) is 7.11 Å². The van der Waals surface area contributed by atoms with Crippen molar-refractivity contribution in [2.45, 2.75) is 13.0 Å². The summed E-state index contributed by atoms with van der Waals surface area (Å²) in [5, 5.41) is 1.05. The van der Waals surface area contributed by atoms with Crippen molar-refractivity contribution in [2.24, 2.45) is 0 Å². The molecule has 5 nitrogen and oxygen atoms in total. The zero-order valence-corrected chi connectivity index (χ0v) is 19.3. The Labute approximate surface area is 201 Å². The van der Waals surface area contributed by atoms with E-state index in [0.717, 1.165) is 16.7 Å². The molecule has 1 aliphatic carbocycles. The summed E-state index contributed by atoms with van der Waals surface area (Å²) in [4.78, 5) is 23.9. The van der Waals surface area contributed by atoms with Crippen LogP contribution in [0.3, 0.4) is 0 Å². The number of benzene rings is 3. The number of allylic oxidation sites excluding steroid dienone is 1. The molecule has 0 fully saturated rings. The first-order valence-electron chi connectivity index (χ1n) is 10.2. The van der Waals surface area contributed by atoms with Gasteiger partial charge in [0.1, 0.15) is 18.1 Å². The van der Waals surface area contributed by atoms with Crippen molar-refractivity contribution >= 4 is 41.0 Å². The minimum Gasteiger partial charge on any atom is -0.489 e. The molecule has 0 aliphatic heterocycles. The van der Waals surface area contributed by atoms with Crippen LogP contribution in [-0.4, -0.2) is 25.5 Å². The van der Waals surface area contributed by atoms with Crippen molar-refractivity contribution in [2.75, 3.05) is 13.7 Å². The van der Waals surface area contributed by atoms with Crippen LogP contribution in [0.25, 0.3) is 6.08 Å². The van der Waals surface area contributed by atoms with E-state index in [1.165, 1.54) is 7.11 Å². The molecule has 0 heterocycles. The third-order valence-electron chi connectivity index (χ3n) is 5.13. The lowest BCUT2D eigenvalue weighted by molar-refractivity contribution is -0.142. The first kappa shape index (κ1) is 22.9. The number of methoxy groups -OCH3 is 1. The summed E-state index contributed by atoms with van der Waals surface area (Å²) in [6.45, 7) is 0.217. The molecule has 33 heavy (non-hydrogen) atoms. The average Bonchev–Trinajstić information content (AvgIpc) is 3.10. The molecule has 0 bridgehead atoms. The number of carbonyl (C=O) groups excluding carboxylic acids is 2. The van der Waals surface area contributed by atoms with Gasteiger partial charge < -0.3 is 14.2 Å². The second kappa shape index (κ2) is 10.1. The van der Waals surface area contributed by atoms with E-state index in [0.29, 0.717) is 45.7 Å². The summed E-state index contributed by atoms with van der Waals surface area (Å²) in [7, 11) is 1.31. The van der Waals surface area contributed by atoms with Crippen LogP contribution >= 0.6 is 23.2 Å². The normalized spacial score (nSPS) is 13.7. The second-order valence-corrected chi connectivity index (χ2v) is 8.37. The summed E-state index contributed by atoms with van der Waals surface area (Å²) in [6, 6.07) is 17.9. The van der Waals surface area contributed by atoms with Crippen molar-refractivity contribution in [3.05, 3.63) is 98.5 Å². The molecule has 1 aliphatic rings. The van der Waals surface area contributed by atoms with Crippen LogP contribution in [0, 0.1) is 0 Å². The number of rotatable bonds is 7. The topological polar surface area (TPSA) is 61.8 Å². The SMILES string of the molecule is COC(=O)COc1ccc(COc2ccc3c(c2)C/C(=C\c2cc(Cl)cc(Cl)c2)C3=O)cc1. The van der Waals surface area contributed by atoms with E-state index in [2.05, 4.69) is 4.74 Å². The Bertz CT molecular complexity index is 1210. The van der Waals surface area contributed by atoms with E-state index >= 15 is 0 Å². The summed E-state index contributed by atoms with van der Waals surface area (Å²) in [6.07, 6.45) is 2.34. The molecule has 168 valence electrons. The molecule has 3 aromatic rings. The van der Waals surface area contributed by atoms with Gasteiger partial charge in [0.15, 0.2) is 12.4 Å². The molecule has 0 N–H and O–H groups in total. The third-order valence-corrected chi connectivity index (χ3v) is 5.57. The molecule has 0 saturated heterocycles. The molecule has 0 atom stereocenters. The number of carbonyl (C=O) groups is 2. The zero-order chi connectivity index (χ0) is 23.4. The largest absolute Gasteiger partial charge is 0.489 e. The quantitative estimate of drug-likeness (QED) is 0.307. The van der Waals surface area contributed by atoms with Gasteiger partial charge in [0.2, 0.25) is 0 Å². The van der Waals surface area contributed by atoms with Crippen LogP contribution < -0.4 is 9.47 Å². The van der Waals surface area contributed by atoms with Gasteiger partial charge in [-0.25, -0.2) is 4.79 Å². The number of halogens is 2. The van der Waals surface area contributed by atoms with Crippen LogP contribution in [-0.2, 0) is 22.6 Å². The van der Waals surface area contributed by atoms with E-state index in [9.17, 15) is 9.59 Å². The Morgan fingerprint density at radius 3 is 2.33 bits per heavy atom. The molecule has 0 spiro atoms. The van der Waals surface area contributed by atoms with Crippen LogP contribution in [0.5, 0.6) is 11.5 Å². The highest BCUT2D eigenvalue weighted by atomic mass is 35.5. The maximum Gasteiger partial charge on any atom is 0.343 e. The Morgan fingerprint density at radius 1 is 0.939 bits per heavy atom. The fraction of sp³-hybridized carbons (Fsp3) is 0.154. The highest BCUT2D eigenvalue weighted by molar-refractivity contribution is 6.34. The van der Waals surface area contributed by atoms with Crippen molar-refractivity contribution in [1.29, 1.82) is 0 Å². The minimum absolute atomic E-state index is 0.00445.